The summed E-state index contributed by atoms with van der Waals surface area (Å²) in [6, 6.07) is 51.7. The Labute approximate surface area is 553 Å². The number of thiocarbonyl (C=S) groups is 1. The van der Waals surface area contributed by atoms with Gasteiger partial charge in [-0.05, 0) is 162 Å². The molecule has 466 valence electrons. The summed E-state index contributed by atoms with van der Waals surface area (Å²) in [6.07, 6.45) is 17.7. The zero-order valence-electron chi connectivity index (χ0n) is 51.2. The molecule has 5 aromatic carbocycles. The van der Waals surface area contributed by atoms with Crippen molar-refractivity contribution in [3.05, 3.63) is 170 Å². The molecule has 6 heterocycles. The molecule has 4 aromatic heterocycles. The summed E-state index contributed by atoms with van der Waals surface area (Å²) in [5, 5.41) is 0. The van der Waals surface area contributed by atoms with Crippen molar-refractivity contribution in [1.29, 1.82) is 0 Å². The van der Waals surface area contributed by atoms with Crippen LogP contribution in [0.25, 0.3) is 63.2 Å². The number of hydrogen-bond acceptors (Lipinski definition) is 15. The average Bonchev–Trinajstić information content (AvgIpc) is 1.66. The third-order valence-corrected chi connectivity index (χ3v) is 22.1. The number of anilines is 3. The zero-order valence-corrected chi connectivity index (χ0v) is 56.1. The largest absolute Gasteiger partial charge is 0.494 e. The number of rotatable bonds is 31. The van der Waals surface area contributed by atoms with Gasteiger partial charge in [0.25, 0.3) is 17.9 Å². The summed E-state index contributed by atoms with van der Waals surface area (Å²) in [6.45, 7) is 9.28. The molecule has 1 saturated heterocycles. The van der Waals surface area contributed by atoms with E-state index >= 15 is 0 Å². The maximum atomic E-state index is 14.3. The van der Waals surface area contributed by atoms with Gasteiger partial charge in [0.2, 0.25) is 0 Å². The van der Waals surface area contributed by atoms with Crippen molar-refractivity contribution in [2.45, 2.75) is 117 Å². The Kier molecular flexibility index (Phi) is 22.6. The molecule has 17 heteroatoms. The molecule has 2 aliphatic heterocycles. The van der Waals surface area contributed by atoms with E-state index in [4.69, 9.17) is 35.9 Å². The van der Waals surface area contributed by atoms with Crippen LogP contribution < -0.4 is 38.6 Å². The van der Waals surface area contributed by atoms with Crippen LogP contribution in [-0.4, -0.2) is 59.1 Å². The Bertz CT molecular complexity index is 3910. The maximum Gasteiger partial charge on any atom is 0.294 e. The molecular formula is C73H75N3O8S6. The van der Waals surface area contributed by atoms with Crippen molar-refractivity contribution in [2.24, 2.45) is 0 Å². The lowest BCUT2D eigenvalue weighted by molar-refractivity contribution is -0.132. The van der Waals surface area contributed by atoms with Gasteiger partial charge in [-0.25, -0.2) is 0 Å². The third kappa shape index (κ3) is 15.5. The molecule has 11 rings (SSSR count). The number of amides is 1. The smallest absolute Gasteiger partial charge is 0.294 e. The van der Waals surface area contributed by atoms with Gasteiger partial charge >= 0.3 is 0 Å². The van der Waals surface area contributed by atoms with Crippen molar-refractivity contribution in [3.63, 3.8) is 0 Å². The first-order chi connectivity index (χ1) is 44.2. The second-order valence-corrected chi connectivity index (χ2v) is 28.2. The number of unbranched alkanes of at least 4 members (excludes halogenated alkanes) is 11. The molecule has 0 radical (unpaired) electrons. The van der Waals surface area contributed by atoms with Crippen molar-refractivity contribution < 1.29 is 33.3 Å². The monoisotopic (exact) mass is 1310 g/mol. The van der Waals surface area contributed by atoms with Crippen LogP contribution in [0.3, 0.4) is 0 Å². The molecule has 1 amide bonds. The van der Waals surface area contributed by atoms with Gasteiger partial charge in [-0.3, -0.25) is 23.9 Å². The summed E-state index contributed by atoms with van der Waals surface area (Å²) in [5.41, 5.74) is 8.07. The topological polar surface area (TPSA) is 109 Å². The predicted octanol–water partition coefficient (Wildman–Crippen LogP) is 18.9. The van der Waals surface area contributed by atoms with Crippen LogP contribution in [0.4, 0.5) is 17.1 Å². The van der Waals surface area contributed by atoms with Crippen LogP contribution in [0.5, 0.6) is 23.0 Å². The minimum atomic E-state index is -0.399. The number of fused-ring (bicyclic) bond motifs is 1. The molecule has 1 fully saturated rings. The fraction of sp³-hybridized carbons (Fsp3) is 0.315. The number of carbonyl (C=O) groups is 2. The molecule has 0 saturated carbocycles. The quantitative estimate of drug-likeness (QED) is 0.0235. The SMILES string of the molecule is CCCCCCCCN1C(=O)/C(=c2/s/c(=C\c3sc(-c4ccc(N(c5ccc(-c6ccc(-c7ccc(OCCCCCC)cc7)s6)cc5)c5ccc(-c6ccc(-c7ccc(OCCCCCC)cc7)s6)cc5)cc4)c4c3OCCO4)c(=O)n2COC=O)SC1=S. The lowest BCUT2D eigenvalue weighted by atomic mass is 10.1. The molecule has 90 heavy (non-hydrogen) atoms. The van der Waals surface area contributed by atoms with Crippen LogP contribution in [0.15, 0.2) is 150 Å². The molecular weight excluding hydrogens is 1240 g/mol. The van der Waals surface area contributed by atoms with Gasteiger partial charge in [-0.15, -0.1) is 45.3 Å². The van der Waals surface area contributed by atoms with E-state index in [1.54, 1.807) is 33.6 Å². The highest BCUT2D eigenvalue weighted by molar-refractivity contribution is 8.30. The second-order valence-electron chi connectivity index (χ2n) is 22.3. The van der Waals surface area contributed by atoms with E-state index in [1.165, 1.54) is 121 Å². The molecule has 0 atom stereocenters. The summed E-state index contributed by atoms with van der Waals surface area (Å²) in [4.78, 5) is 50.3. The number of carbonyl (C=O) groups excluding carboxylic acids is 2. The van der Waals surface area contributed by atoms with Crippen LogP contribution in [0.1, 0.15) is 116 Å². The Morgan fingerprint density at radius 3 is 1.46 bits per heavy atom. The number of benzene rings is 5. The normalized spacial score (nSPS) is 13.8. The maximum absolute atomic E-state index is 14.3. The summed E-state index contributed by atoms with van der Waals surface area (Å²) in [5.74, 6) is 2.72. The van der Waals surface area contributed by atoms with E-state index in [9.17, 15) is 14.4 Å². The summed E-state index contributed by atoms with van der Waals surface area (Å²) in [7, 11) is 0. The summed E-state index contributed by atoms with van der Waals surface area (Å²) < 4.78 is 32.4. The standard InChI is InChI=1S/C73H75N3O8S6/c1-4-7-10-13-14-15-42-74-71(79)69(90-73(74)85)72-75(48-80-49-77)70(78)65(89-72)47-64-66-67(84-46-45-83-66)68(88-64)54-22-32-57(33-23-54)76(55-28-18-50(19-29-55)60-38-40-62(86-60)52-24-34-58(35-25-52)81-43-16-11-8-5-2)56-30-20-51(21-31-56)61-39-41-63(87-61)53-26-36-59(37-27-53)82-44-17-12-9-6-3/h18-41,47,49H,4-17,42-46,48H2,1-3H3/b65-47-,72-69-. The van der Waals surface area contributed by atoms with Crippen molar-refractivity contribution in [2.75, 3.05) is 37.9 Å². The van der Waals surface area contributed by atoms with Crippen molar-refractivity contribution in [1.82, 2.24) is 9.47 Å². The van der Waals surface area contributed by atoms with Gasteiger partial charge in [0.15, 0.2) is 18.2 Å². The van der Waals surface area contributed by atoms with E-state index in [-0.39, 0.29) is 12.6 Å². The number of thioether (sulfide) groups is 1. The number of aromatic nitrogens is 1. The highest BCUT2D eigenvalue weighted by Gasteiger charge is 2.34. The molecule has 2 aliphatic rings. The Balaban J connectivity index is 0.876. The van der Waals surface area contributed by atoms with Crippen molar-refractivity contribution in [3.8, 4) is 75.2 Å². The number of ether oxygens (including phenoxy) is 5. The fourth-order valence-electron chi connectivity index (χ4n) is 11.0. The van der Waals surface area contributed by atoms with Crippen LogP contribution in [-0.2, 0) is 21.1 Å². The number of thiazole rings is 1. The van der Waals surface area contributed by atoms with Crippen LogP contribution in [0.2, 0.25) is 0 Å². The van der Waals surface area contributed by atoms with Crippen LogP contribution >= 0.6 is 69.3 Å². The fourth-order valence-corrected chi connectivity index (χ4v) is 16.8. The second kappa shape index (κ2) is 31.7. The lowest BCUT2D eigenvalue weighted by Gasteiger charge is -2.26. The van der Waals surface area contributed by atoms with E-state index < -0.39 is 5.56 Å². The first-order valence-electron chi connectivity index (χ1n) is 31.5. The molecule has 0 spiro atoms. The molecule has 9 aromatic rings. The number of nitrogens with zero attached hydrogens (tertiary/aromatic N) is 3. The highest BCUT2D eigenvalue weighted by Crippen LogP contribution is 2.51. The number of thiophene rings is 3. The van der Waals surface area contributed by atoms with Gasteiger partial charge in [0.1, 0.15) is 38.6 Å². The van der Waals surface area contributed by atoms with Crippen molar-refractivity contribution >= 4 is 114 Å². The highest BCUT2D eigenvalue weighted by atomic mass is 32.2. The Morgan fingerprint density at radius 2 is 0.967 bits per heavy atom. The first kappa shape index (κ1) is 64.3. The number of hydrogen-bond donors (Lipinski definition) is 0. The average molecular weight is 1310 g/mol. The summed E-state index contributed by atoms with van der Waals surface area (Å²) >= 11 is 13.1. The van der Waals surface area contributed by atoms with Crippen LogP contribution in [0, 0.1) is 0 Å². The first-order valence-corrected chi connectivity index (χ1v) is 36.0. The lowest BCUT2D eigenvalue weighted by Crippen LogP contribution is -2.34. The van der Waals surface area contributed by atoms with Gasteiger partial charge in [-0.2, -0.15) is 0 Å². The molecule has 0 unspecified atom stereocenters. The molecule has 0 aliphatic carbocycles. The minimum absolute atomic E-state index is 0.247. The van der Waals surface area contributed by atoms with E-state index in [0.29, 0.717) is 61.0 Å². The van der Waals surface area contributed by atoms with E-state index in [0.717, 1.165) is 102 Å². The van der Waals surface area contributed by atoms with Gasteiger partial charge in [-0.1, -0.05) is 152 Å². The van der Waals surface area contributed by atoms with Gasteiger partial charge in [0.05, 0.1) is 27.5 Å². The van der Waals surface area contributed by atoms with Gasteiger partial charge in [0, 0.05) is 43.1 Å². The Morgan fingerprint density at radius 1 is 0.522 bits per heavy atom. The minimum Gasteiger partial charge on any atom is -0.494 e. The molecule has 0 bridgehead atoms. The van der Waals surface area contributed by atoms with Gasteiger partial charge < -0.3 is 28.6 Å². The molecule has 0 N–H and O–H groups in total. The van der Waals surface area contributed by atoms with E-state index in [2.05, 4.69) is 171 Å². The van der Waals surface area contributed by atoms with E-state index in [1.807, 2.05) is 0 Å². The third-order valence-electron chi connectivity index (χ3n) is 15.9. The zero-order chi connectivity index (χ0) is 62.2. The molecule has 11 nitrogen and oxygen atoms in total. The Hall–Kier alpha value is -7.25. The predicted molar refractivity (Wildman–Crippen MR) is 379 cm³/mol.